The molecule has 0 radical (unpaired) electrons. The Hall–Kier alpha value is -0.590. The molecule has 98 valence electrons. The van der Waals surface area contributed by atoms with Crippen molar-refractivity contribution in [3.05, 3.63) is 0 Å². The quantitative estimate of drug-likeness (QED) is 0.739. The summed E-state index contributed by atoms with van der Waals surface area (Å²) in [5.41, 5.74) is 0. The highest BCUT2D eigenvalue weighted by atomic mass is 15.2. The van der Waals surface area contributed by atoms with E-state index in [1.165, 1.54) is 38.6 Å². The van der Waals surface area contributed by atoms with E-state index in [2.05, 4.69) is 30.1 Å². The minimum absolute atomic E-state index is 0.0317. The molecule has 3 heteroatoms. The van der Waals surface area contributed by atoms with E-state index in [4.69, 9.17) is 5.26 Å². The molecule has 1 fully saturated rings. The summed E-state index contributed by atoms with van der Waals surface area (Å²) in [6.45, 7) is 7.52. The number of hydrogen-bond donors (Lipinski definition) is 1. The molecule has 1 aliphatic heterocycles. The van der Waals surface area contributed by atoms with Crippen molar-refractivity contribution in [3.63, 3.8) is 0 Å². The fourth-order valence-electron chi connectivity index (χ4n) is 2.77. The van der Waals surface area contributed by atoms with E-state index in [0.29, 0.717) is 0 Å². The minimum atomic E-state index is 0.0317. The predicted molar refractivity (Wildman–Crippen MR) is 71.8 cm³/mol. The molecule has 2 atom stereocenters. The van der Waals surface area contributed by atoms with E-state index >= 15 is 0 Å². The molecular weight excluding hydrogens is 210 g/mol. The van der Waals surface area contributed by atoms with Crippen molar-refractivity contribution in [1.82, 2.24) is 10.2 Å². The third kappa shape index (κ3) is 5.06. The van der Waals surface area contributed by atoms with Crippen LogP contribution in [0.5, 0.6) is 0 Å². The molecule has 1 heterocycles. The third-order valence-electron chi connectivity index (χ3n) is 3.68. The largest absolute Gasteiger partial charge is 0.302 e. The lowest BCUT2D eigenvalue weighted by molar-refractivity contribution is 0.135. The van der Waals surface area contributed by atoms with Gasteiger partial charge < -0.3 is 10.2 Å². The molecule has 1 aliphatic rings. The van der Waals surface area contributed by atoms with E-state index in [0.717, 1.165) is 25.6 Å². The first-order valence-corrected chi connectivity index (χ1v) is 7.18. The van der Waals surface area contributed by atoms with Crippen LogP contribution < -0.4 is 5.32 Å². The van der Waals surface area contributed by atoms with Crippen molar-refractivity contribution in [1.29, 1.82) is 5.26 Å². The van der Waals surface area contributed by atoms with Gasteiger partial charge in [0.05, 0.1) is 12.1 Å². The second kappa shape index (κ2) is 8.49. The van der Waals surface area contributed by atoms with Gasteiger partial charge in [0.2, 0.25) is 0 Å². The van der Waals surface area contributed by atoms with Gasteiger partial charge in [-0.05, 0) is 38.8 Å². The van der Waals surface area contributed by atoms with Crippen LogP contribution in [-0.2, 0) is 0 Å². The van der Waals surface area contributed by atoms with Crippen LogP contribution in [0, 0.1) is 11.3 Å². The molecule has 0 aromatic carbocycles. The third-order valence-corrected chi connectivity index (χ3v) is 3.68. The number of piperidine rings is 1. The molecule has 0 amide bonds. The first-order valence-electron chi connectivity index (χ1n) is 7.18. The molecular formula is C14H27N3. The summed E-state index contributed by atoms with van der Waals surface area (Å²) in [6, 6.07) is 3.16. The summed E-state index contributed by atoms with van der Waals surface area (Å²) in [5, 5.41) is 12.3. The van der Waals surface area contributed by atoms with Crippen LogP contribution >= 0.6 is 0 Å². The Balaban J connectivity index is 2.34. The second-order valence-corrected chi connectivity index (χ2v) is 5.00. The molecule has 3 nitrogen and oxygen atoms in total. The lowest BCUT2D eigenvalue weighted by Gasteiger charge is -2.36. The smallest absolute Gasteiger partial charge is 0.0965 e. The lowest BCUT2D eigenvalue weighted by atomic mass is 9.97. The number of nitrogens with one attached hydrogen (secondary N) is 1. The molecule has 0 aromatic rings. The molecule has 17 heavy (non-hydrogen) atoms. The van der Waals surface area contributed by atoms with Gasteiger partial charge in [-0.25, -0.2) is 0 Å². The monoisotopic (exact) mass is 237 g/mol. The zero-order chi connectivity index (χ0) is 12.5. The standard InChI is InChI=1S/C14H27N3/c1-3-7-14-8-5-6-10-17(14)11-9-13(12-15)16-4-2/h13-14,16H,3-11H2,1-2H3. The van der Waals surface area contributed by atoms with Gasteiger partial charge in [-0.2, -0.15) is 5.26 Å². The Bertz CT molecular complexity index is 232. The maximum absolute atomic E-state index is 9.02. The highest BCUT2D eigenvalue weighted by Gasteiger charge is 2.21. The van der Waals surface area contributed by atoms with Crippen molar-refractivity contribution in [3.8, 4) is 6.07 Å². The molecule has 0 bridgehead atoms. The number of likely N-dealkylation sites (tertiary alicyclic amines) is 1. The number of nitrogens with zero attached hydrogens (tertiary/aromatic N) is 2. The molecule has 1 saturated heterocycles. The van der Waals surface area contributed by atoms with Gasteiger partial charge >= 0.3 is 0 Å². The topological polar surface area (TPSA) is 39.1 Å². The van der Waals surface area contributed by atoms with Crippen LogP contribution in [0.15, 0.2) is 0 Å². The van der Waals surface area contributed by atoms with Gasteiger partial charge in [-0.1, -0.05) is 26.7 Å². The molecule has 1 N–H and O–H groups in total. The molecule has 0 spiro atoms. The van der Waals surface area contributed by atoms with Gasteiger partial charge in [0.15, 0.2) is 0 Å². The van der Waals surface area contributed by atoms with Crippen LogP contribution in [0.4, 0.5) is 0 Å². The van der Waals surface area contributed by atoms with Crippen LogP contribution in [0.2, 0.25) is 0 Å². The molecule has 2 unspecified atom stereocenters. The van der Waals surface area contributed by atoms with Crippen molar-refractivity contribution in [2.45, 2.75) is 64.5 Å². The van der Waals surface area contributed by atoms with Crippen molar-refractivity contribution < 1.29 is 0 Å². The maximum atomic E-state index is 9.02. The average Bonchev–Trinajstić information content (AvgIpc) is 2.36. The molecule has 1 rings (SSSR count). The van der Waals surface area contributed by atoms with Gasteiger partial charge in [0.1, 0.15) is 0 Å². The Morgan fingerprint density at radius 2 is 2.24 bits per heavy atom. The Morgan fingerprint density at radius 1 is 1.41 bits per heavy atom. The summed E-state index contributed by atoms with van der Waals surface area (Å²) in [4.78, 5) is 2.61. The van der Waals surface area contributed by atoms with Gasteiger partial charge in [0.25, 0.3) is 0 Å². The zero-order valence-corrected chi connectivity index (χ0v) is 11.4. The highest BCUT2D eigenvalue weighted by molar-refractivity contribution is 4.90. The Labute approximate surface area is 106 Å². The summed E-state index contributed by atoms with van der Waals surface area (Å²) in [6.07, 6.45) is 7.62. The van der Waals surface area contributed by atoms with E-state index in [1.54, 1.807) is 0 Å². The normalized spacial score (nSPS) is 23.2. The Kier molecular flexibility index (Phi) is 7.23. The molecule has 0 aliphatic carbocycles. The number of nitriles is 1. The van der Waals surface area contributed by atoms with E-state index in [-0.39, 0.29) is 6.04 Å². The van der Waals surface area contributed by atoms with E-state index in [1.807, 2.05) is 0 Å². The maximum Gasteiger partial charge on any atom is 0.0965 e. The van der Waals surface area contributed by atoms with Crippen LogP contribution in [-0.4, -0.2) is 36.6 Å². The van der Waals surface area contributed by atoms with E-state index in [9.17, 15) is 0 Å². The SMILES string of the molecule is CCCC1CCCCN1CCC(C#N)NCC. The van der Waals surface area contributed by atoms with Gasteiger partial charge in [0, 0.05) is 12.6 Å². The van der Waals surface area contributed by atoms with Crippen molar-refractivity contribution in [2.75, 3.05) is 19.6 Å². The summed E-state index contributed by atoms with van der Waals surface area (Å²) >= 11 is 0. The van der Waals surface area contributed by atoms with Crippen LogP contribution in [0.25, 0.3) is 0 Å². The Morgan fingerprint density at radius 3 is 2.88 bits per heavy atom. The lowest BCUT2D eigenvalue weighted by Crippen LogP contribution is -2.42. The first-order chi connectivity index (χ1) is 8.31. The van der Waals surface area contributed by atoms with Gasteiger partial charge in [-0.3, -0.25) is 0 Å². The first kappa shape index (κ1) is 14.5. The predicted octanol–water partition coefficient (Wildman–Crippen LogP) is 2.53. The summed E-state index contributed by atoms with van der Waals surface area (Å²) in [5.74, 6) is 0. The number of rotatable bonds is 7. The van der Waals surface area contributed by atoms with Crippen molar-refractivity contribution >= 4 is 0 Å². The minimum Gasteiger partial charge on any atom is -0.302 e. The van der Waals surface area contributed by atoms with Gasteiger partial charge in [-0.15, -0.1) is 0 Å². The fraction of sp³-hybridized carbons (Fsp3) is 0.929. The van der Waals surface area contributed by atoms with Crippen LogP contribution in [0.3, 0.4) is 0 Å². The average molecular weight is 237 g/mol. The van der Waals surface area contributed by atoms with Crippen LogP contribution in [0.1, 0.15) is 52.4 Å². The number of hydrogen-bond acceptors (Lipinski definition) is 3. The van der Waals surface area contributed by atoms with Crippen molar-refractivity contribution in [2.24, 2.45) is 0 Å². The molecule has 0 saturated carbocycles. The zero-order valence-electron chi connectivity index (χ0n) is 11.4. The summed E-state index contributed by atoms with van der Waals surface area (Å²) in [7, 11) is 0. The fourth-order valence-corrected chi connectivity index (χ4v) is 2.77. The summed E-state index contributed by atoms with van der Waals surface area (Å²) < 4.78 is 0. The molecule has 0 aromatic heterocycles. The van der Waals surface area contributed by atoms with E-state index < -0.39 is 0 Å². The highest BCUT2D eigenvalue weighted by Crippen LogP contribution is 2.21. The second-order valence-electron chi connectivity index (χ2n) is 5.00.